The molecule has 0 atom stereocenters. The quantitative estimate of drug-likeness (QED) is 0.766. The third-order valence-corrected chi connectivity index (χ3v) is 3.77. The van der Waals surface area contributed by atoms with E-state index in [-0.39, 0.29) is 4.75 Å². The number of rotatable bonds is 5. The van der Waals surface area contributed by atoms with Gasteiger partial charge < -0.3 is 5.32 Å². The fourth-order valence-corrected chi connectivity index (χ4v) is 2.92. The third-order valence-electron chi connectivity index (χ3n) is 2.32. The molecule has 0 fully saturated rings. The summed E-state index contributed by atoms with van der Waals surface area (Å²) in [5, 5.41) is 4.28. The number of nitrogens with one attached hydrogen (secondary N) is 1. The van der Waals surface area contributed by atoms with Gasteiger partial charge in [-0.15, -0.1) is 11.8 Å². The molecule has 1 nitrogen and oxygen atoms in total. The van der Waals surface area contributed by atoms with Crippen LogP contribution >= 0.6 is 23.4 Å². The number of hydrogen-bond acceptors (Lipinski definition) is 2. The van der Waals surface area contributed by atoms with Crippen LogP contribution in [0.25, 0.3) is 0 Å². The Balaban J connectivity index is 2.62. The van der Waals surface area contributed by atoms with Gasteiger partial charge in [-0.3, -0.25) is 0 Å². The van der Waals surface area contributed by atoms with Crippen molar-refractivity contribution in [2.45, 2.75) is 50.8 Å². The zero-order chi connectivity index (χ0) is 13.8. The Labute approximate surface area is 121 Å². The minimum Gasteiger partial charge on any atom is -0.312 e. The second-order valence-electron chi connectivity index (χ2n) is 5.99. The van der Waals surface area contributed by atoms with Gasteiger partial charge in [-0.2, -0.15) is 0 Å². The number of halogens is 1. The minimum absolute atomic E-state index is 0.223. The maximum Gasteiger partial charge on any atom is 0.0462 e. The molecule has 0 bridgehead atoms. The Hall–Kier alpha value is -0.180. The molecular formula is C15H24ClNS. The smallest absolute Gasteiger partial charge is 0.0462 e. The van der Waals surface area contributed by atoms with Crippen LogP contribution in [0, 0.1) is 5.92 Å². The van der Waals surface area contributed by atoms with Crippen molar-refractivity contribution < 1.29 is 0 Å². The molecule has 0 aliphatic rings. The van der Waals surface area contributed by atoms with E-state index in [1.54, 1.807) is 0 Å². The highest BCUT2D eigenvalue weighted by atomic mass is 35.5. The predicted molar refractivity (Wildman–Crippen MR) is 83.6 cm³/mol. The van der Waals surface area contributed by atoms with Crippen LogP contribution in [0.5, 0.6) is 0 Å². The van der Waals surface area contributed by atoms with E-state index in [1.807, 2.05) is 11.8 Å². The summed E-state index contributed by atoms with van der Waals surface area (Å²) >= 11 is 8.17. The molecule has 0 heterocycles. The van der Waals surface area contributed by atoms with E-state index >= 15 is 0 Å². The topological polar surface area (TPSA) is 12.0 Å². The van der Waals surface area contributed by atoms with Gasteiger partial charge in [0.25, 0.3) is 0 Å². The lowest BCUT2D eigenvalue weighted by atomic mass is 10.2. The fourth-order valence-electron chi connectivity index (χ4n) is 1.58. The lowest BCUT2D eigenvalue weighted by Gasteiger charge is -2.18. The van der Waals surface area contributed by atoms with Crippen LogP contribution in [0.15, 0.2) is 23.1 Å². The van der Waals surface area contributed by atoms with Gasteiger partial charge in [-0.25, -0.2) is 0 Å². The SMILES string of the molecule is CC(C)CNCc1ccc(SC(C)(C)C)cc1Cl. The Morgan fingerprint density at radius 1 is 1.28 bits per heavy atom. The van der Waals surface area contributed by atoms with Gasteiger partial charge in [0.15, 0.2) is 0 Å². The predicted octanol–water partition coefficient (Wildman–Crippen LogP) is 4.98. The minimum atomic E-state index is 0.223. The molecule has 1 rings (SSSR count). The van der Waals surface area contributed by atoms with E-state index < -0.39 is 0 Å². The average molecular weight is 286 g/mol. The molecular weight excluding hydrogens is 262 g/mol. The van der Waals surface area contributed by atoms with Crippen LogP contribution < -0.4 is 5.32 Å². The van der Waals surface area contributed by atoms with Crippen molar-refractivity contribution in [3.63, 3.8) is 0 Å². The highest BCUT2D eigenvalue weighted by molar-refractivity contribution is 8.00. The van der Waals surface area contributed by atoms with Gasteiger partial charge in [0.2, 0.25) is 0 Å². The number of benzene rings is 1. The highest BCUT2D eigenvalue weighted by Crippen LogP contribution is 2.33. The van der Waals surface area contributed by atoms with E-state index in [0.29, 0.717) is 5.92 Å². The van der Waals surface area contributed by atoms with Gasteiger partial charge in [-0.1, -0.05) is 52.3 Å². The first-order valence-electron chi connectivity index (χ1n) is 6.46. The average Bonchev–Trinajstić information content (AvgIpc) is 2.18. The van der Waals surface area contributed by atoms with E-state index in [9.17, 15) is 0 Å². The van der Waals surface area contributed by atoms with Gasteiger partial charge in [0, 0.05) is 21.2 Å². The molecule has 1 aromatic rings. The second-order valence-corrected chi connectivity index (χ2v) is 8.30. The summed E-state index contributed by atoms with van der Waals surface area (Å²) in [4.78, 5) is 1.24. The second kappa shape index (κ2) is 6.83. The maximum absolute atomic E-state index is 6.32. The highest BCUT2D eigenvalue weighted by Gasteiger charge is 2.13. The summed E-state index contributed by atoms with van der Waals surface area (Å²) in [5.74, 6) is 0.666. The van der Waals surface area contributed by atoms with Crippen LogP contribution in [-0.4, -0.2) is 11.3 Å². The summed E-state index contributed by atoms with van der Waals surface area (Å²) in [6.07, 6.45) is 0. The van der Waals surface area contributed by atoms with E-state index in [2.05, 4.69) is 58.1 Å². The molecule has 0 aliphatic heterocycles. The van der Waals surface area contributed by atoms with Crippen LogP contribution in [0.1, 0.15) is 40.2 Å². The van der Waals surface area contributed by atoms with E-state index in [0.717, 1.165) is 18.1 Å². The normalized spacial score (nSPS) is 12.2. The van der Waals surface area contributed by atoms with Crippen molar-refractivity contribution in [2.24, 2.45) is 5.92 Å². The van der Waals surface area contributed by atoms with Crippen LogP contribution in [0.4, 0.5) is 0 Å². The molecule has 1 aromatic carbocycles. The van der Waals surface area contributed by atoms with Gasteiger partial charge in [0.05, 0.1) is 0 Å². The Morgan fingerprint density at radius 2 is 1.94 bits per heavy atom. The van der Waals surface area contributed by atoms with Crippen molar-refractivity contribution in [3.8, 4) is 0 Å². The van der Waals surface area contributed by atoms with Gasteiger partial charge >= 0.3 is 0 Å². The van der Waals surface area contributed by atoms with Crippen LogP contribution in [0.3, 0.4) is 0 Å². The molecule has 0 radical (unpaired) electrons. The molecule has 0 amide bonds. The molecule has 0 spiro atoms. The Morgan fingerprint density at radius 3 is 2.44 bits per heavy atom. The molecule has 0 aromatic heterocycles. The first kappa shape index (κ1) is 15.9. The monoisotopic (exact) mass is 285 g/mol. The third kappa shape index (κ3) is 6.12. The van der Waals surface area contributed by atoms with Gasteiger partial charge in [-0.05, 0) is 30.2 Å². The Kier molecular flexibility index (Phi) is 6.03. The fraction of sp³-hybridized carbons (Fsp3) is 0.600. The van der Waals surface area contributed by atoms with Gasteiger partial charge in [0.1, 0.15) is 0 Å². The molecule has 0 unspecified atom stereocenters. The van der Waals surface area contributed by atoms with Crippen molar-refractivity contribution in [2.75, 3.05) is 6.54 Å². The van der Waals surface area contributed by atoms with E-state index in [4.69, 9.17) is 11.6 Å². The number of thioether (sulfide) groups is 1. The van der Waals surface area contributed by atoms with Crippen LogP contribution in [0.2, 0.25) is 5.02 Å². The molecule has 0 saturated carbocycles. The molecule has 3 heteroatoms. The summed E-state index contributed by atoms with van der Waals surface area (Å²) in [6, 6.07) is 6.36. The Bertz CT molecular complexity index is 383. The molecule has 102 valence electrons. The first-order valence-corrected chi connectivity index (χ1v) is 7.65. The standard InChI is InChI=1S/C15H24ClNS/c1-11(2)9-17-10-12-6-7-13(8-14(12)16)18-15(3,4)5/h6-8,11,17H,9-10H2,1-5H3. The summed E-state index contributed by atoms with van der Waals surface area (Å²) in [7, 11) is 0. The maximum atomic E-state index is 6.32. The molecule has 0 aliphatic carbocycles. The van der Waals surface area contributed by atoms with Crippen LogP contribution in [-0.2, 0) is 6.54 Å². The number of hydrogen-bond donors (Lipinski definition) is 1. The summed E-state index contributed by atoms with van der Waals surface area (Å²) in [6.45, 7) is 12.9. The molecule has 18 heavy (non-hydrogen) atoms. The summed E-state index contributed by atoms with van der Waals surface area (Å²) < 4.78 is 0.223. The molecule has 0 saturated heterocycles. The van der Waals surface area contributed by atoms with Crippen molar-refractivity contribution in [1.29, 1.82) is 0 Å². The van der Waals surface area contributed by atoms with E-state index in [1.165, 1.54) is 10.5 Å². The lowest BCUT2D eigenvalue weighted by molar-refractivity contribution is 0.552. The largest absolute Gasteiger partial charge is 0.312 e. The molecule has 1 N–H and O–H groups in total. The summed E-state index contributed by atoms with van der Waals surface area (Å²) in [5.41, 5.74) is 1.18. The zero-order valence-corrected chi connectivity index (χ0v) is 13.6. The van der Waals surface area contributed by atoms with Crippen molar-refractivity contribution >= 4 is 23.4 Å². The lowest BCUT2D eigenvalue weighted by Crippen LogP contribution is -2.19. The van der Waals surface area contributed by atoms with Crippen molar-refractivity contribution in [1.82, 2.24) is 5.32 Å². The first-order chi connectivity index (χ1) is 8.28. The zero-order valence-electron chi connectivity index (χ0n) is 12.0. The van der Waals surface area contributed by atoms with Crippen molar-refractivity contribution in [3.05, 3.63) is 28.8 Å².